The van der Waals surface area contributed by atoms with Crippen LogP contribution in [0.5, 0.6) is 0 Å². The van der Waals surface area contributed by atoms with Crippen molar-refractivity contribution >= 4 is 34.6 Å². The summed E-state index contributed by atoms with van der Waals surface area (Å²) in [5.74, 6) is 1.38. The van der Waals surface area contributed by atoms with Crippen molar-refractivity contribution in [1.82, 2.24) is 25.4 Å². The summed E-state index contributed by atoms with van der Waals surface area (Å²) in [7, 11) is 1.95. The number of aromatic nitrogens is 3. The van der Waals surface area contributed by atoms with E-state index >= 15 is 0 Å². The second-order valence-corrected chi connectivity index (χ2v) is 13.4. The van der Waals surface area contributed by atoms with E-state index in [0.29, 0.717) is 23.9 Å². The largest absolute Gasteiger partial charge is 0.375 e. The van der Waals surface area contributed by atoms with Crippen LogP contribution in [0.25, 0.3) is 5.00 Å². The molecular formula is C31H43ClN6O2S. The molecule has 0 aliphatic carbocycles. The Morgan fingerprint density at radius 3 is 2.49 bits per heavy atom. The van der Waals surface area contributed by atoms with Crippen molar-refractivity contribution in [1.29, 1.82) is 0 Å². The van der Waals surface area contributed by atoms with Gasteiger partial charge in [0.05, 0.1) is 17.7 Å². The molecule has 0 radical (unpaired) electrons. The van der Waals surface area contributed by atoms with Gasteiger partial charge in [0, 0.05) is 33.2 Å². The summed E-state index contributed by atoms with van der Waals surface area (Å²) in [5.41, 5.74) is 3.39. The number of nitrogens with zero attached hydrogens (tertiary/aromatic N) is 4. The number of rotatable bonds is 12. The quantitative estimate of drug-likeness (QED) is 0.256. The highest BCUT2D eigenvalue weighted by Crippen LogP contribution is 2.39. The van der Waals surface area contributed by atoms with Gasteiger partial charge in [-0.25, -0.2) is 0 Å². The van der Waals surface area contributed by atoms with Crippen LogP contribution in [0, 0.1) is 20.8 Å². The molecular weight excluding hydrogens is 556 g/mol. The molecule has 0 saturated carbocycles. The first-order valence-electron chi connectivity index (χ1n) is 14.3. The maximum atomic E-state index is 13.6. The predicted molar refractivity (Wildman–Crippen MR) is 168 cm³/mol. The molecule has 1 aliphatic heterocycles. The normalized spacial score (nSPS) is 16.4. The van der Waals surface area contributed by atoms with Crippen molar-refractivity contribution in [2.75, 3.05) is 20.2 Å². The zero-order valence-corrected chi connectivity index (χ0v) is 27.1. The van der Waals surface area contributed by atoms with Crippen molar-refractivity contribution in [3.63, 3.8) is 0 Å². The second-order valence-electron chi connectivity index (χ2n) is 11.8. The number of hydrogen-bond acceptors (Lipinski definition) is 7. The average Bonchev–Trinajstić information content (AvgIpc) is 3.40. The van der Waals surface area contributed by atoms with Gasteiger partial charge >= 0.3 is 0 Å². The van der Waals surface area contributed by atoms with Gasteiger partial charge in [0.1, 0.15) is 16.9 Å². The number of benzene rings is 1. The third-order valence-electron chi connectivity index (χ3n) is 8.08. The fraction of sp³-hybridized carbons (Fsp3) is 0.548. The lowest BCUT2D eigenvalue weighted by molar-refractivity contribution is -0.123. The summed E-state index contributed by atoms with van der Waals surface area (Å²) in [6, 6.07) is 7.22. The number of carbonyl (C=O) groups is 1. The molecule has 0 saturated heterocycles. The zero-order valence-electron chi connectivity index (χ0n) is 25.5. The van der Waals surface area contributed by atoms with Crippen molar-refractivity contribution in [3.8, 4) is 5.00 Å². The molecule has 0 spiro atoms. The summed E-state index contributed by atoms with van der Waals surface area (Å²) in [5, 5.41) is 17.1. The van der Waals surface area contributed by atoms with Gasteiger partial charge in [-0.15, -0.1) is 21.5 Å². The summed E-state index contributed by atoms with van der Waals surface area (Å²) < 4.78 is 8.28. The van der Waals surface area contributed by atoms with Gasteiger partial charge in [0.25, 0.3) is 0 Å². The van der Waals surface area contributed by atoms with Crippen LogP contribution >= 0.6 is 22.9 Å². The number of fused-ring (bicyclic) bond motifs is 3. The van der Waals surface area contributed by atoms with E-state index in [-0.39, 0.29) is 17.9 Å². The molecule has 1 amide bonds. The minimum absolute atomic E-state index is 0.0710. The van der Waals surface area contributed by atoms with Gasteiger partial charge in [-0.05, 0) is 92.1 Å². The Morgan fingerprint density at radius 1 is 1.12 bits per heavy atom. The number of thiophene rings is 1. The fourth-order valence-corrected chi connectivity index (χ4v) is 6.41. The Hall–Kier alpha value is -2.59. The topological polar surface area (TPSA) is 93.4 Å². The monoisotopic (exact) mass is 598 g/mol. The molecule has 3 heterocycles. The molecule has 8 nitrogen and oxygen atoms in total. The Balaban J connectivity index is 1.62. The molecule has 10 heteroatoms. The first-order valence-corrected chi connectivity index (χ1v) is 15.5. The number of carbonyl (C=O) groups excluding carboxylic acids is 1. The van der Waals surface area contributed by atoms with Gasteiger partial charge < -0.3 is 15.4 Å². The lowest BCUT2D eigenvalue weighted by Gasteiger charge is -2.32. The fourth-order valence-electron chi connectivity index (χ4n) is 5.07. The Bertz CT molecular complexity index is 1410. The third-order valence-corrected chi connectivity index (χ3v) is 9.53. The molecule has 2 N–H and O–H groups in total. The Labute approximate surface area is 253 Å². The molecule has 3 aromatic rings. The molecule has 2 aromatic heterocycles. The van der Waals surface area contributed by atoms with Crippen LogP contribution in [-0.2, 0) is 9.53 Å². The van der Waals surface area contributed by atoms with E-state index in [2.05, 4.69) is 66.9 Å². The number of ether oxygens (including phenoxy) is 1. The minimum atomic E-state index is -0.501. The highest BCUT2D eigenvalue weighted by Gasteiger charge is 2.34. The van der Waals surface area contributed by atoms with Gasteiger partial charge in [-0.3, -0.25) is 14.4 Å². The van der Waals surface area contributed by atoms with E-state index in [9.17, 15) is 4.79 Å². The van der Waals surface area contributed by atoms with Crippen LogP contribution < -0.4 is 10.6 Å². The first-order chi connectivity index (χ1) is 19.4. The Morgan fingerprint density at radius 2 is 1.83 bits per heavy atom. The highest BCUT2D eigenvalue weighted by atomic mass is 35.5. The number of amides is 1. The summed E-state index contributed by atoms with van der Waals surface area (Å²) in [6.07, 6.45) is 2.58. The minimum Gasteiger partial charge on any atom is -0.375 e. The average molecular weight is 599 g/mol. The maximum Gasteiger partial charge on any atom is 0.223 e. The predicted octanol–water partition coefficient (Wildman–Crippen LogP) is 6.27. The molecule has 0 fully saturated rings. The number of nitrogens with one attached hydrogen (secondary N) is 2. The smallest absolute Gasteiger partial charge is 0.223 e. The van der Waals surface area contributed by atoms with Gasteiger partial charge in [0.2, 0.25) is 5.91 Å². The molecule has 41 heavy (non-hydrogen) atoms. The molecule has 2 atom stereocenters. The van der Waals surface area contributed by atoms with Gasteiger partial charge in [-0.2, -0.15) is 0 Å². The van der Waals surface area contributed by atoms with E-state index in [4.69, 9.17) is 21.3 Å². The molecule has 1 unspecified atom stereocenters. The van der Waals surface area contributed by atoms with E-state index in [0.717, 1.165) is 47.1 Å². The van der Waals surface area contributed by atoms with Crippen LogP contribution in [0.2, 0.25) is 5.02 Å². The molecule has 1 aliphatic rings. The highest BCUT2D eigenvalue weighted by molar-refractivity contribution is 7.15. The second kappa shape index (κ2) is 12.7. The van der Waals surface area contributed by atoms with Crippen molar-refractivity contribution in [2.24, 2.45) is 4.99 Å². The number of aryl methyl sites for hydroxylation is 2. The van der Waals surface area contributed by atoms with Crippen LogP contribution in [0.1, 0.15) is 92.6 Å². The number of aliphatic imine (C=N–C) groups is 1. The van der Waals surface area contributed by atoms with Crippen LogP contribution in [0.15, 0.2) is 29.3 Å². The van der Waals surface area contributed by atoms with E-state index < -0.39 is 11.6 Å². The summed E-state index contributed by atoms with van der Waals surface area (Å²) in [4.78, 5) is 20.1. The van der Waals surface area contributed by atoms with Crippen molar-refractivity contribution in [2.45, 2.75) is 91.3 Å². The molecule has 222 valence electrons. The van der Waals surface area contributed by atoms with Crippen LogP contribution in [0.3, 0.4) is 0 Å². The Kier molecular flexibility index (Phi) is 9.74. The third kappa shape index (κ3) is 7.08. The van der Waals surface area contributed by atoms with Gasteiger partial charge in [0.15, 0.2) is 5.82 Å². The number of halogens is 1. The zero-order chi connectivity index (χ0) is 29.9. The molecule has 0 bridgehead atoms. The van der Waals surface area contributed by atoms with Crippen LogP contribution in [0.4, 0.5) is 0 Å². The standard InChI is InChI=1S/C31H43ClN6O2S/c1-9-31(7,15-17-40-30(5,6)14-16-33-8)35-25(39)18-24-28-37-36-21(4)38(28)29-26(19(2)20(3)41-29)27(34-24)22-10-12-23(32)13-11-22/h10-13,24,33H,9,14-18H2,1-8H3,(H,35,39)/t24-,31?/m0/s1. The molecule has 4 rings (SSSR count). The van der Waals surface area contributed by atoms with Crippen LogP contribution in [-0.4, -0.2) is 57.7 Å². The van der Waals surface area contributed by atoms with E-state index in [1.165, 1.54) is 10.4 Å². The lowest BCUT2D eigenvalue weighted by atomic mass is 9.94. The number of hydrogen-bond donors (Lipinski definition) is 2. The maximum absolute atomic E-state index is 13.6. The van der Waals surface area contributed by atoms with Crippen molar-refractivity contribution in [3.05, 3.63) is 62.5 Å². The van der Waals surface area contributed by atoms with E-state index in [1.54, 1.807) is 11.3 Å². The van der Waals surface area contributed by atoms with Crippen molar-refractivity contribution < 1.29 is 9.53 Å². The van der Waals surface area contributed by atoms with Gasteiger partial charge in [-0.1, -0.05) is 30.7 Å². The summed E-state index contributed by atoms with van der Waals surface area (Å²) >= 11 is 7.93. The lowest BCUT2D eigenvalue weighted by Crippen LogP contribution is -2.47. The SMILES string of the molecule is CCC(C)(CCOC(C)(C)CCNC)NC(=O)C[C@@H]1N=C(c2ccc(Cl)cc2)c2c(sc(C)c2C)-n2c(C)nnc21. The van der Waals surface area contributed by atoms with E-state index in [1.807, 2.05) is 38.2 Å². The molecule has 1 aromatic carbocycles. The first kappa shape index (κ1) is 31.3. The summed E-state index contributed by atoms with van der Waals surface area (Å²) in [6.45, 7) is 16.0.